The first kappa shape index (κ1) is 18.3. The van der Waals surface area contributed by atoms with Crippen LogP contribution < -0.4 is 0 Å². The first-order valence-electron chi connectivity index (χ1n) is 9.02. The van der Waals surface area contributed by atoms with Crippen molar-refractivity contribution in [3.63, 3.8) is 0 Å². The second-order valence-corrected chi connectivity index (χ2v) is 9.99. The van der Waals surface area contributed by atoms with Crippen molar-refractivity contribution in [1.82, 2.24) is 18.8 Å². The van der Waals surface area contributed by atoms with Crippen LogP contribution in [0.25, 0.3) is 11.4 Å². The molecule has 0 aliphatic carbocycles. The summed E-state index contributed by atoms with van der Waals surface area (Å²) in [6.45, 7) is 3.93. The number of imidazole rings is 1. The summed E-state index contributed by atoms with van der Waals surface area (Å²) in [5.41, 5.74) is 2.05. The predicted octanol–water partition coefficient (Wildman–Crippen LogP) is 3.42. The van der Waals surface area contributed by atoms with E-state index in [4.69, 9.17) is 0 Å². The first-order valence-corrected chi connectivity index (χ1v) is 11.3. The standard InChI is InChI=1S/C19H22N4O2S2/c1-15-11-21-19(17-6-2-8-20-12-17)23(15)14-16-5-3-9-22(13-16)27(24,25)18-7-4-10-26-18/h2,4,6-8,10-12,16H,3,5,9,13-14H2,1H3. The number of nitrogens with zero attached hydrogens (tertiary/aromatic N) is 4. The normalized spacial score (nSPS) is 18.6. The van der Waals surface area contributed by atoms with Gasteiger partial charge in [0.1, 0.15) is 10.0 Å². The largest absolute Gasteiger partial charge is 0.328 e. The number of aryl methyl sites for hydroxylation is 1. The Morgan fingerprint density at radius 1 is 1.26 bits per heavy atom. The summed E-state index contributed by atoms with van der Waals surface area (Å²) in [6, 6.07) is 7.37. The van der Waals surface area contributed by atoms with Crippen LogP contribution in [0.2, 0.25) is 0 Å². The quantitative estimate of drug-likeness (QED) is 0.656. The highest BCUT2D eigenvalue weighted by Crippen LogP contribution is 2.28. The zero-order valence-electron chi connectivity index (χ0n) is 15.2. The Bertz CT molecular complexity index is 998. The minimum absolute atomic E-state index is 0.261. The maximum Gasteiger partial charge on any atom is 0.252 e. The summed E-state index contributed by atoms with van der Waals surface area (Å²) in [4.78, 5) is 8.74. The molecule has 0 amide bonds. The van der Waals surface area contributed by atoms with Crippen molar-refractivity contribution >= 4 is 21.4 Å². The van der Waals surface area contributed by atoms with Crippen LogP contribution in [0.4, 0.5) is 0 Å². The van der Waals surface area contributed by atoms with Gasteiger partial charge in [0.15, 0.2) is 0 Å². The molecule has 6 nitrogen and oxygen atoms in total. The highest BCUT2D eigenvalue weighted by molar-refractivity contribution is 7.91. The van der Waals surface area contributed by atoms with E-state index in [1.165, 1.54) is 11.3 Å². The number of rotatable bonds is 5. The van der Waals surface area contributed by atoms with E-state index in [2.05, 4.69) is 14.5 Å². The minimum Gasteiger partial charge on any atom is -0.328 e. The molecule has 0 bridgehead atoms. The molecular formula is C19H22N4O2S2. The molecule has 0 spiro atoms. The smallest absolute Gasteiger partial charge is 0.252 e. The average Bonchev–Trinajstić information content (AvgIpc) is 3.34. The Balaban J connectivity index is 1.55. The highest BCUT2D eigenvalue weighted by atomic mass is 32.2. The van der Waals surface area contributed by atoms with Gasteiger partial charge in [-0.2, -0.15) is 4.31 Å². The van der Waals surface area contributed by atoms with Crippen molar-refractivity contribution in [3.8, 4) is 11.4 Å². The van der Waals surface area contributed by atoms with Gasteiger partial charge >= 0.3 is 0 Å². The number of aromatic nitrogens is 3. The van der Waals surface area contributed by atoms with Crippen LogP contribution >= 0.6 is 11.3 Å². The van der Waals surface area contributed by atoms with Crippen LogP contribution in [0.3, 0.4) is 0 Å². The monoisotopic (exact) mass is 402 g/mol. The first-order chi connectivity index (χ1) is 13.1. The van der Waals surface area contributed by atoms with E-state index in [0.717, 1.165) is 36.5 Å². The van der Waals surface area contributed by atoms with Gasteiger partial charge in [-0.1, -0.05) is 6.07 Å². The molecule has 1 aliphatic rings. The van der Waals surface area contributed by atoms with Crippen LogP contribution in [-0.4, -0.2) is 40.3 Å². The van der Waals surface area contributed by atoms with E-state index in [9.17, 15) is 8.42 Å². The third-order valence-electron chi connectivity index (χ3n) is 4.99. The maximum absolute atomic E-state index is 12.9. The van der Waals surface area contributed by atoms with Crippen molar-refractivity contribution in [3.05, 3.63) is 53.9 Å². The van der Waals surface area contributed by atoms with E-state index >= 15 is 0 Å². The Hall–Kier alpha value is -2.03. The molecule has 8 heteroatoms. The fraction of sp³-hybridized carbons (Fsp3) is 0.368. The Morgan fingerprint density at radius 3 is 2.89 bits per heavy atom. The number of pyridine rings is 1. The Morgan fingerprint density at radius 2 is 2.15 bits per heavy atom. The topological polar surface area (TPSA) is 68.1 Å². The van der Waals surface area contributed by atoms with Crippen LogP contribution in [0.5, 0.6) is 0 Å². The molecule has 0 saturated carbocycles. The molecule has 1 aliphatic heterocycles. The lowest BCUT2D eigenvalue weighted by Gasteiger charge is -2.32. The van der Waals surface area contributed by atoms with Gasteiger partial charge in [0.05, 0.1) is 0 Å². The van der Waals surface area contributed by atoms with E-state index in [1.807, 2.05) is 36.8 Å². The van der Waals surface area contributed by atoms with Gasteiger partial charge in [0.25, 0.3) is 10.0 Å². The molecule has 4 rings (SSSR count). The molecule has 0 N–H and O–H groups in total. The Kier molecular flexibility index (Phi) is 5.12. The molecule has 1 fully saturated rings. The fourth-order valence-corrected chi connectivity index (χ4v) is 6.31. The number of hydrogen-bond acceptors (Lipinski definition) is 5. The summed E-state index contributed by atoms with van der Waals surface area (Å²) < 4.78 is 30.0. The van der Waals surface area contributed by atoms with Crippen molar-refractivity contribution in [2.45, 2.75) is 30.5 Å². The predicted molar refractivity (Wildman–Crippen MR) is 106 cm³/mol. The van der Waals surface area contributed by atoms with Crippen molar-refractivity contribution in [1.29, 1.82) is 0 Å². The van der Waals surface area contributed by atoms with Crippen molar-refractivity contribution in [2.24, 2.45) is 5.92 Å². The average molecular weight is 403 g/mol. The van der Waals surface area contributed by atoms with Crippen LogP contribution in [0.15, 0.2) is 52.4 Å². The van der Waals surface area contributed by atoms with Crippen LogP contribution in [0, 0.1) is 12.8 Å². The maximum atomic E-state index is 12.9. The van der Waals surface area contributed by atoms with Crippen molar-refractivity contribution in [2.75, 3.05) is 13.1 Å². The van der Waals surface area contributed by atoms with E-state index in [-0.39, 0.29) is 5.92 Å². The molecule has 0 radical (unpaired) electrons. The van der Waals surface area contributed by atoms with E-state index < -0.39 is 10.0 Å². The third kappa shape index (κ3) is 3.69. The number of piperidine rings is 1. The molecule has 27 heavy (non-hydrogen) atoms. The molecule has 1 unspecified atom stereocenters. The molecule has 3 aromatic rings. The lowest BCUT2D eigenvalue weighted by molar-refractivity contribution is 0.245. The zero-order valence-corrected chi connectivity index (χ0v) is 16.8. The van der Waals surface area contributed by atoms with Gasteiger partial charge < -0.3 is 4.57 Å². The lowest BCUT2D eigenvalue weighted by Crippen LogP contribution is -2.40. The molecule has 3 aromatic heterocycles. The molecule has 4 heterocycles. The van der Waals surface area contributed by atoms with Gasteiger partial charge in [0.2, 0.25) is 0 Å². The fourth-order valence-electron chi connectivity index (χ4n) is 3.61. The molecular weight excluding hydrogens is 380 g/mol. The van der Waals surface area contributed by atoms with E-state index in [1.54, 1.807) is 22.6 Å². The van der Waals surface area contributed by atoms with Gasteiger partial charge in [-0.15, -0.1) is 11.3 Å². The zero-order chi connectivity index (χ0) is 18.9. The molecule has 0 aromatic carbocycles. The van der Waals surface area contributed by atoms with Gasteiger partial charge in [-0.3, -0.25) is 4.98 Å². The van der Waals surface area contributed by atoms with Crippen LogP contribution in [-0.2, 0) is 16.6 Å². The van der Waals surface area contributed by atoms with Crippen LogP contribution in [0.1, 0.15) is 18.5 Å². The number of sulfonamides is 1. The Labute approximate surface area is 163 Å². The summed E-state index contributed by atoms with van der Waals surface area (Å²) >= 11 is 1.28. The second-order valence-electron chi connectivity index (χ2n) is 6.88. The summed E-state index contributed by atoms with van der Waals surface area (Å²) in [7, 11) is -3.39. The summed E-state index contributed by atoms with van der Waals surface area (Å²) in [5.74, 6) is 1.15. The van der Waals surface area contributed by atoms with Gasteiger partial charge in [-0.05, 0) is 49.3 Å². The SMILES string of the molecule is Cc1cnc(-c2cccnc2)n1CC1CCCN(S(=O)(=O)c2cccs2)C1. The highest BCUT2D eigenvalue weighted by Gasteiger charge is 2.31. The van der Waals surface area contributed by atoms with Gasteiger partial charge in [-0.25, -0.2) is 13.4 Å². The molecule has 142 valence electrons. The lowest BCUT2D eigenvalue weighted by atomic mass is 9.99. The van der Waals surface area contributed by atoms with E-state index in [0.29, 0.717) is 17.3 Å². The van der Waals surface area contributed by atoms with Gasteiger partial charge in [0, 0.05) is 49.5 Å². The summed E-state index contributed by atoms with van der Waals surface area (Å²) in [5, 5.41) is 1.81. The second kappa shape index (κ2) is 7.53. The third-order valence-corrected chi connectivity index (χ3v) is 8.22. The number of thiophene rings is 1. The minimum atomic E-state index is -3.39. The molecule has 1 saturated heterocycles. The summed E-state index contributed by atoms with van der Waals surface area (Å²) in [6.07, 6.45) is 7.32. The van der Waals surface area contributed by atoms with Crippen molar-refractivity contribution < 1.29 is 8.42 Å². The number of hydrogen-bond donors (Lipinski definition) is 0. The molecule has 1 atom stereocenters.